The molecule has 0 aromatic carbocycles. The summed E-state index contributed by atoms with van der Waals surface area (Å²) in [4.78, 5) is 3.58. The lowest BCUT2D eigenvalue weighted by Gasteiger charge is -2.07. The zero-order valence-electron chi connectivity index (χ0n) is 7.28. The molecule has 0 amide bonds. The van der Waals surface area contributed by atoms with E-state index in [0.717, 1.165) is 0 Å². The van der Waals surface area contributed by atoms with Crippen LogP contribution in [0.3, 0.4) is 0 Å². The molecule has 1 heterocycles. The SMILES string of the molecule is CC(C)COc1cccnc1[O]. The van der Waals surface area contributed by atoms with E-state index >= 15 is 0 Å². The number of pyridine rings is 1. The second-order valence-corrected chi connectivity index (χ2v) is 3.01. The first-order valence-corrected chi connectivity index (χ1v) is 3.95. The van der Waals surface area contributed by atoms with Crippen LogP contribution >= 0.6 is 0 Å². The second kappa shape index (κ2) is 3.95. The number of ether oxygens (including phenoxy) is 1. The molecular formula is C9H12NO2. The molecular weight excluding hydrogens is 154 g/mol. The van der Waals surface area contributed by atoms with E-state index in [2.05, 4.69) is 4.98 Å². The maximum atomic E-state index is 11.0. The van der Waals surface area contributed by atoms with Crippen molar-refractivity contribution in [1.29, 1.82) is 0 Å². The van der Waals surface area contributed by atoms with E-state index in [1.54, 1.807) is 12.1 Å². The van der Waals surface area contributed by atoms with Crippen LogP contribution in [0.1, 0.15) is 13.8 Å². The highest BCUT2D eigenvalue weighted by molar-refractivity contribution is 5.30. The molecule has 3 nitrogen and oxygen atoms in total. The Balaban J connectivity index is 2.57. The molecule has 0 spiro atoms. The van der Waals surface area contributed by atoms with Gasteiger partial charge in [0.25, 0.3) is 0 Å². The summed E-state index contributed by atoms with van der Waals surface area (Å²) in [7, 11) is 0. The molecule has 0 N–H and O–H groups in total. The molecule has 1 radical (unpaired) electrons. The summed E-state index contributed by atoms with van der Waals surface area (Å²) < 4.78 is 5.22. The van der Waals surface area contributed by atoms with Crippen LogP contribution in [0.15, 0.2) is 18.3 Å². The van der Waals surface area contributed by atoms with Crippen LogP contribution < -0.4 is 4.74 Å². The van der Waals surface area contributed by atoms with Crippen LogP contribution in [-0.2, 0) is 5.11 Å². The molecule has 65 valence electrons. The third-order valence-corrected chi connectivity index (χ3v) is 1.31. The van der Waals surface area contributed by atoms with Gasteiger partial charge >= 0.3 is 5.88 Å². The van der Waals surface area contributed by atoms with Gasteiger partial charge in [0, 0.05) is 6.20 Å². The first kappa shape index (κ1) is 8.84. The van der Waals surface area contributed by atoms with E-state index in [1.807, 2.05) is 13.8 Å². The monoisotopic (exact) mass is 166 g/mol. The van der Waals surface area contributed by atoms with Gasteiger partial charge in [-0.2, -0.15) is 0 Å². The second-order valence-electron chi connectivity index (χ2n) is 3.01. The maximum Gasteiger partial charge on any atom is 0.311 e. The molecule has 0 bridgehead atoms. The predicted molar refractivity (Wildman–Crippen MR) is 44.7 cm³/mol. The maximum absolute atomic E-state index is 11.0. The van der Waals surface area contributed by atoms with Gasteiger partial charge in [-0.25, -0.2) is 4.98 Å². The molecule has 1 aromatic rings. The minimum atomic E-state index is -0.293. The van der Waals surface area contributed by atoms with Gasteiger partial charge in [-0.15, -0.1) is 0 Å². The first-order valence-electron chi connectivity index (χ1n) is 3.95. The molecule has 3 heteroatoms. The van der Waals surface area contributed by atoms with E-state index in [9.17, 15) is 5.11 Å². The smallest absolute Gasteiger partial charge is 0.311 e. The van der Waals surface area contributed by atoms with Crippen molar-refractivity contribution in [3.05, 3.63) is 18.3 Å². The lowest BCUT2D eigenvalue weighted by atomic mass is 10.2. The Morgan fingerprint density at radius 1 is 1.58 bits per heavy atom. The molecule has 0 unspecified atom stereocenters. The number of nitrogens with zero attached hydrogens (tertiary/aromatic N) is 1. The fourth-order valence-corrected chi connectivity index (χ4v) is 0.742. The molecule has 0 aliphatic rings. The van der Waals surface area contributed by atoms with Crippen molar-refractivity contribution in [3.63, 3.8) is 0 Å². The Kier molecular flexibility index (Phi) is 2.91. The molecule has 12 heavy (non-hydrogen) atoms. The lowest BCUT2D eigenvalue weighted by molar-refractivity contribution is 0.240. The lowest BCUT2D eigenvalue weighted by Crippen LogP contribution is -2.04. The average molecular weight is 166 g/mol. The zero-order chi connectivity index (χ0) is 8.97. The highest BCUT2D eigenvalue weighted by Gasteiger charge is 2.04. The summed E-state index contributed by atoms with van der Waals surface area (Å²) in [6.07, 6.45) is 1.46. The number of rotatable bonds is 3. The van der Waals surface area contributed by atoms with Gasteiger partial charge in [-0.1, -0.05) is 13.8 Å². The fourth-order valence-electron chi connectivity index (χ4n) is 0.742. The Morgan fingerprint density at radius 3 is 2.92 bits per heavy atom. The quantitative estimate of drug-likeness (QED) is 0.691. The Morgan fingerprint density at radius 2 is 2.33 bits per heavy atom. The van der Waals surface area contributed by atoms with Crippen LogP contribution in [0.25, 0.3) is 0 Å². The summed E-state index contributed by atoms with van der Waals surface area (Å²) in [6, 6.07) is 3.33. The molecule has 1 aromatic heterocycles. The summed E-state index contributed by atoms with van der Waals surface area (Å²) >= 11 is 0. The van der Waals surface area contributed by atoms with Crippen molar-refractivity contribution in [2.24, 2.45) is 5.92 Å². The van der Waals surface area contributed by atoms with Gasteiger partial charge < -0.3 is 4.74 Å². The van der Waals surface area contributed by atoms with Crippen molar-refractivity contribution in [1.82, 2.24) is 4.98 Å². The van der Waals surface area contributed by atoms with E-state index in [-0.39, 0.29) is 5.88 Å². The van der Waals surface area contributed by atoms with Crippen molar-refractivity contribution in [2.45, 2.75) is 13.8 Å². The van der Waals surface area contributed by atoms with Crippen LogP contribution in [0, 0.1) is 5.92 Å². The van der Waals surface area contributed by atoms with Crippen LogP contribution in [-0.4, -0.2) is 11.6 Å². The summed E-state index contributed by atoms with van der Waals surface area (Å²) in [6.45, 7) is 4.61. The third kappa shape index (κ3) is 2.42. The topological polar surface area (TPSA) is 42.0 Å². The van der Waals surface area contributed by atoms with Crippen molar-refractivity contribution in [2.75, 3.05) is 6.61 Å². The highest BCUT2D eigenvalue weighted by atomic mass is 16.5. The summed E-state index contributed by atoms with van der Waals surface area (Å²) in [5.41, 5.74) is 0. The van der Waals surface area contributed by atoms with E-state index in [0.29, 0.717) is 18.3 Å². The van der Waals surface area contributed by atoms with Crippen molar-refractivity contribution in [3.8, 4) is 11.6 Å². The van der Waals surface area contributed by atoms with Crippen LogP contribution in [0.5, 0.6) is 11.6 Å². The molecule has 0 saturated heterocycles. The van der Waals surface area contributed by atoms with Crippen molar-refractivity contribution < 1.29 is 9.84 Å². The first-order chi connectivity index (χ1) is 5.70. The molecule has 0 atom stereocenters. The predicted octanol–water partition coefficient (Wildman–Crippen LogP) is 2.26. The molecule has 0 fully saturated rings. The van der Waals surface area contributed by atoms with Crippen LogP contribution in [0.4, 0.5) is 0 Å². The third-order valence-electron chi connectivity index (χ3n) is 1.31. The van der Waals surface area contributed by atoms with Gasteiger partial charge in [0.1, 0.15) is 0 Å². The molecule has 0 saturated carbocycles. The van der Waals surface area contributed by atoms with E-state index in [1.165, 1.54) is 6.20 Å². The number of hydrogen-bond donors (Lipinski definition) is 0. The van der Waals surface area contributed by atoms with Gasteiger partial charge in [0.2, 0.25) is 0 Å². The van der Waals surface area contributed by atoms with E-state index < -0.39 is 0 Å². The molecule has 0 aliphatic heterocycles. The Bertz CT molecular complexity index is 248. The summed E-state index contributed by atoms with van der Waals surface area (Å²) in [5, 5.41) is 11.0. The minimum Gasteiger partial charge on any atom is -0.488 e. The molecule has 0 aliphatic carbocycles. The van der Waals surface area contributed by atoms with Gasteiger partial charge in [0.05, 0.1) is 6.61 Å². The fraction of sp³-hybridized carbons (Fsp3) is 0.444. The van der Waals surface area contributed by atoms with Gasteiger partial charge in [-0.3, -0.25) is 5.11 Å². The Hall–Kier alpha value is -1.25. The Labute approximate surface area is 72.0 Å². The average Bonchev–Trinajstić information content (AvgIpc) is 2.03. The van der Waals surface area contributed by atoms with Crippen molar-refractivity contribution >= 4 is 0 Å². The normalized spacial score (nSPS) is 10.2. The molecule has 1 rings (SSSR count). The highest BCUT2D eigenvalue weighted by Crippen LogP contribution is 2.22. The summed E-state index contributed by atoms with van der Waals surface area (Å²) in [5.74, 6) is 0.467. The van der Waals surface area contributed by atoms with Crippen LogP contribution in [0.2, 0.25) is 0 Å². The number of aromatic nitrogens is 1. The van der Waals surface area contributed by atoms with E-state index in [4.69, 9.17) is 4.74 Å². The van der Waals surface area contributed by atoms with Gasteiger partial charge in [-0.05, 0) is 18.1 Å². The zero-order valence-corrected chi connectivity index (χ0v) is 7.28. The van der Waals surface area contributed by atoms with Gasteiger partial charge in [0.15, 0.2) is 5.75 Å². The standard InChI is InChI=1S/C9H12NO2/c1-7(2)6-12-8-4-3-5-10-9(8)11/h3-5,7H,6H2,1-2H3. The largest absolute Gasteiger partial charge is 0.488 e. The minimum absolute atomic E-state index is 0.293. The number of hydrogen-bond acceptors (Lipinski definition) is 2.